The van der Waals surface area contributed by atoms with Gasteiger partial charge in [-0.3, -0.25) is 10.1 Å². The molecule has 0 bridgehead atoms. The number of rotatable bonds is 4. The summed E-state index contributed by atoms with van der Waals surface area (Å²) in [6.07, 6.45) is 0. The third-order valence-corrected chi connectivity index (χ3v) is 3.20. The van der Waals surface area contributed by atoms with Gasteiger partial charge in [-0.25, -0.2) is 4.79 Å². The number of amides is 3. The van der Waals surface area contributed by atoms with Crippen molar-refractivity contribution in [2.75, 3.05) is 18.0 Å². The summed E-state index contributed by atoms with van der Waals surface area (Å²) in [5.41, 5.74) is 7.54. The van der Waals surface area contributed by atoms with Crippen molar-refractivity contribution >= 4 is 29.4 Å². The molecule has 98 valence electrons. The van der Waals surface area contributed by atoms with E-state index < -0.39 is 6.03 Å². The maximum atomic E-state index is 11.4. The van der Waals surface area contributed by atoms with Crippen LogP contribution in [0.15, 0.2) is 23.1 Å². The summed E-state index contributed by atoms with van der Waals surface area (Å²) in [5.74, 6) is -0.185. The Labute approximate surface area is 111 Å². The topological polar surface area (TPSA) is 84.2 Å². The molecular formula is C12H17N3O2S. The summed E-state index contributed by atoms with van der Waals surface area (Å²) in [7, 11) is 0. The van der Waals surface area contributed by atoms with Crippen LogP contribution in [0.25, 0.3) is 0 Å². The van der Waals surface area contributed by atoms with Crippen molar-refractivity contribution in [2.45, 2.75) is 18.7 Å². The van der Waals surface area contributed by atoms with Gasteiger partial charge in [0.2, 0.25) is 5.91 Å². The second-order valence-electron chi connectivity index (χ2n) is 3.74. The predicted octanol–water partition coefficient (Wildman–Crippen LogP) is 1.52. The van der Waals surface area contributed by atoms with Crippen LogP contribution in [0, 0.1) is 6.92 Å². The van der Waals surface area contributed by atoms with Gasteiger partial charge in [0.25, 0.3) is 0 Å². The van der Waals surface area contributed by atoms with Crippen molar-refractivity contribution in [3.63, 3.8) is 0 Å². The summed E-state index contributed by atoms with van der Waals surface area (Å²) < 4.78 is 0. The lowest BCUT2D eigenvalue weighted by atomic mass is 10.2. The molecule has 0 aliphatic rings. The number of nitrogens with one attached hydrogen (secondary N) is 2. The number of urea groups is 1. The van der Waals surface area contributed by atoms with Crippen LogP contribution in [0.1, 0.15) is 12.5 Å². The second kappa shape index (κ2) is 6.90. The zero-order chi connectivity index (χ0) is 13.5. The summed E-state index contributed by atoms with van der Waals surface area (Å²) in [6.45, 7) is 4.22. The molecular weight excluding hydrogens is 250 g/mol. The van der Waals surface area contributed by atoms with Crippen LogP contribution in [0.3, 0.4) is 0 Å². The Balaban J connectivity index is 2.45. The standard InChI is InChI=1S/C12H17N3O2S/c1-3-14-12(17)15-11(16)7-18-10-5-4-8(2)6-9(10)13/h4-6H,3,7,13H2,1-2H3,(H2,14,15,16,17). The van der Waals surface area contributed by atoms with Gasteiger partial charge in [0.05, 0.1) is 5.75 Å². The van der Waals surface area contributed by atoms with Crippen LogP contribution in [0.4, 0.5) is 10.5 Å². The number of hydrogen-bond acceptors (Lipinski definition) is 4. The molecule has 18 heavy (non-hydrogen) atoms. The van der Waals surface area contributed by atoms with Gasteiger partial charge >= 0.3 is 6.03 Å². The van der Waals surface area contributed by atoms with Crippen LogP contribution in [0.5, 0.6) is 0 Å². The van der Waals surface area contributed by atoms with E-state index in [1.807, 2.05) is 25.1 Å². The van der Waals surface area contributed by atoms with Crippen LogP contribution >= 0.6 is 11.8 Å². The molecule has 0 unspecified atom stereocenters. The molecule has 5 nitrogen and oxygen atoms in total. The lowest BCUT2D eigenvalue weighted by Crippen LogP contribution is -2.40. The molecule has 0 aliphatic heterocycles. The maximum absolute atomic E-state index is 11.4. The monoisotopic (exact) mass is 267 g/mol. The van der Waals surface area contributed by atoms with Gasteiger partial charge in [-0.05, 0) is 31.5 Å². The first-order valence-electron chi connectivity index (χ1n) is 5.59. The van der Waals surface area contributed by atoms with Crippen LogP contribution < -0.4 is 16.4 Å². The third-order valence-electron chi connectivity index (χ3n) is 2.11. The Bertz CT molecular complexity index is 449. The molecule has 3 amide bonds. The zero-order valence-electron chi connectivity index (χ0n) is 10.4. The Hall–Kier alpha value is -1.69. The van der Waals surface area contributed by atoms with Crippen molar-refractivity contribution in [1.82, 2.24) is 10.6 Å². The van der Waals surface area contributed by atoms with Crippen molar-refractivity contribution in [3.05, 3.63) is 23.8 Å². The van der Waals surface area contributed by atoms with Crippen molar-refractivity contribution in [1.29, 1.82) is 0 Å². The van der Waals surface area contributed by atoms with E-state index in [4.69, 9.17) is 5.73 Å². The van der Waals surface area contributed by atoms with Crippen molar-refractivity contribution in [2.24, 2.45) is 0 Å². The molecule has 1 aromatic rings. The van der Waals surface area contributed by atoms with Crippen molar-refractivity contribution in [3.8, 4) is 0 Å². The number of imide groups is 1. The number of hydrogen-bond donors (Lipinski definition) is 3. The van der Waals surface area contributed by atoms with Gasteiger partial charge < -0.3 is 11.1 Å². The fraction of sp³-hybridized carbons (Fsp3) is 0.333. The van der Waals surface area contributed by atoms with Crippen molar-refractivity contribution < 1.29 is 9.59 Å². The minimum Gasteiger partial charge on any atom is -0.398 e. The highest BCUT2D eigenvalue weighted by Gasteiger charge is 2.08. The normalized spacial score (nSPS) is 9.89. The Morgan fingerprint density at radius 3 is 2.72 bits per heavy atom. The quantitative estimate of drug-likeness (QED) is 0.570. The molecule has 0 saturated heterocycles. The number of thioether (sulfide) groups is 1. The van der Waals surface area contributed by atoms with Crippen LogP contribution in [-0.2, 0) is 4.79 Å². The highest BCUT2D eigenvalue weighted by atomic mass is 32.2. The van der Waals surface area contributed by atoms with Crippen LogP contribution in [0.2, 0.25) is 0 Å². The van der Waals surface area contributed by atoms with E-state index in [1.165, 1.54) is 11.8 Å². The summed E-state index contributed by atoms with van der Waals surface area (Å²) in [6, 6.07) is 5.18. The lowest BCUT2D eigenvalue weighted by molar-refractivity contribution is -0.117. The number of nitrogen functional groups attached to an aromatic ring is 1. The lowest BCUT2D eigenvalue weighted by Gasteiger charge is -2.07. The van der Waals surface area contributed by atoms with E-state index in [1.54, 1.807) is 6.92 Å². The van der Waals surface area contributed by atoms with E-state index in [0.29, 0.717) is 12.2 Å². The minimum atomic E-state index is -0.472. The first kappa shape index (κ1) is 14.4. The third kappa shape index (κ3) is 4.67. The largest absolute Gasteiger partial charge is 0.398 e. The highest BCUT2D eigenvalue weighted by Crippen LogP contribution is 2.25. The summed E-state index contributed by atoms with van der Waals surface area (Å²) in [5, 5.41) is 4.72. The van der Waals surface area contributed by atoms with E-state index >= 15 is 0 Å². The predicted molar refractivity (Wildman–Crippen MR) is 73.5 cm³/mol. The van der Waals surface area contributed by atoms with Gasteiger partial charge in [0, 0.05) is 17.1 Å². The molecule has 0 saturated carbocycles. The fourth-order valence-corrected chi connectivity index (χ4v) is 2.06. The average molecular weight is 267 g/mol. The zero-order valence-corrected chi connectivity index (χ0v) is 11.3. The maximum Gasteiger partial charge on any atom is 0.321 e. The Morgan fingerprint density at radius 2 is 2.11 bits per heavy atom. The van der Waals surface area contributed by atoms with E-state index in [0.717, 1.165) is 10.5 Å². The number of carbonyl (C=O) groups excluding carboxylic acids is 2. The smallest absolute Gasteiger partial charge is 0.321 e. The van der Waals surface area contributed by atoms with Gasteiger partial charge in [-0.1, -0.05) is 6.07 Å². The molecule has 4 N–H and O–H groups in total. The molecule has 6 heteroatoms. The first-order valence-corrected chi connectivity index (χ1v) is 6.58. The van der Waals surface area contributed by atoms with E-state index in [2.05, 4.69) is 10.6 Å². The average Bonchev–Trinajstić information content (AvgIpc) is 2.28. The number of nitrogens with two attached hydrogens (primary N) is 1. The first-order chi connectivity index (χ1) is 8.52. The molecule has 0 aliphatic carbocycles. The van der Waals surface area contributed by atoms with Gasteiger partial charge in [0.15, 0.2) is 0 Å². The van der Waals surface area contributed by atoms with Gasteiger partial charge in [-0.15, -0.1) is 11.8 Å². The number of anilines is 1. The van der Waals surface area contributed by atoms with E-state index in [9.17, 15) is 9.59 Å². The molecule has 0 aromatic heterocycles. The second-order valence-corrected chi connectivity index (χ2v) is 4.75. The highest BCUT2D eigenvalue weighted by molar-refractivity contribution is 8.00. The number of aryl methyl sites for hydroxylation is 1. The summed E-state index contributed by atoms with van der Waals surface area (Å²) in [4.78, 5) is 23.4. The van der Waals surface area contributed by atoms with Gasteiger partial charge in [-0.2, -0.15) is 0 Å². The molecule has 0 fully saturated rings. The molecule has 0 radical (unpaired) electrons. The van der Waals surface area contributed by atoms with Crippen LogP contribution in [-0.4, -0.2) is 24.2 Å². The minimum absolute atomic E-state index is 0.157. The Kier molecular flexibility index (Phi) is 5.51. The van der Waals surface area contributed by atoms with E-state index in [-0.39, 0.29) is 11.7 Å². The summed E-state index contributed by atoms with van der Waals surface area (Å²) >= 11 is 1.31. The van der Waals surface area contributed by atoms with Gasteiger partial charge in [0.1, 0.15) is 0 Å². The SMILES string of the molecule is CCNC(=O)NC(=O)CSc1ccc(C)cc1N. The fourth-order valence-electron chi connectivity index (χ4n) is 1.31. The molecule has 1 aromatic carbocycles. The molecule has 0 spiro atoms. The molecule has 0 heterocycles. The molecule has 1 rings (SSSR count). The number of carbonyl (C=O) groups is 2. The number of benzene rings is 1. The Morgan fingerprint density at radius 1 is 1.39 bits per heavy atom. The molecule has 0 atom stereocenters.